The van der Waals surface area contributed by atoms with Gasteiger partial charge in [-0.15, -0.1) is 6.42 Å². The minimum Gasteiger partial charge on any atom is -0.338 e. The molecule has 0 fully saturated rings. The lowest BCUT2D eigenvalue weighted by Crippen LogP contribution is -2.33. The van der Waals surface area contributed by atoms with Crippen LogP contribution >= 0.6 is 11.6 Å². The number of amides is 1. The Kier molecular flexibility index (Phi) is 4.20. The van der Waals surface area contributed by atoms with E-state index in [2.05, 4.69) is 11.2 Å². The minimum absolute atomic E-state index is 0.170. The van der Waals surface area contributed by atoms with Gasteiger partial charge in [0.15, 0.2) is 0 Å². The van der Waals surface area contributed by atoms with Gasteiger partial charge < -0.3 is 5.32 Å². The van der Waals surface area contributed by atoms with E-state index >= 15 is 0 Å². The van der Waals surface area contributed by atoms with Gasteiger partial charge in [0.05, 0.1) is 6.04 Å². The molecule has 0 bridgehead atoms. The van der Waals surface area contributed by atoms with Crippen LogP contribution in [-0.4, -0.2) is 11.9 Å². The molecule has 1 amide bonds. The minimum atomic E-state index is -0.215. The molecule has 1 aromatic rings. The van der Waals surface area contributed by atoms with Gasteiger partial charge in [0.2, 0.25) is 0 Å². The second-order valence-electron chi connectivity index (χ2n) is 3.11. The van der Waals surface area contributed by atoms with Crippen LogP contribution in [0.4, 0.5) is 0 Å². The lowest BCUT2D eigenvalue weighted by Gasteiger charge is -2.10. The Morgan fingerprint density at radius 2 is 2.13 bits per heavy atom. The number of terminal acetylenes is 1. The summed E-state index contributed by atoms with van der Waals surface area (Å²) >= 11 is 5.71. The maximum Gasteiger partial charge on any atom is 0.252 e. The van der Waals surface area contributed by atoms with Crippen molar-refractivity contribution in [3.05, 3.63) is 34.9 Å². The molecular weight excluding hydrogens is 210 g/mol. The molecule has 3 heteroatoms. The molecule has 78 valence electrons. The molecule has 1 unspecified atom stereocenters. The molecule has 0 saturated carbocycles. The summed E-state index contributed by atoms with van der Waals surface area (Å²) in [5.41, 5.74) is 0.563. The number of hydrogen-bond acceptors (Lipinski definition) is 1. The molecule has 1 atom stereocenters. The molecule has 0 radical (unpaired) electrons. The Labute approximate surface area is 94.6 Å². The highest BCUT2D eigenvalue weighted by Crippen LogP contribution is 2.09. The second-order valence-corrected chi connectivity index (χ2v) is 3.54. The van der Waals surface area contributed by atoms with Gasteiger partial charge in [-0.05, 0) is 30.7 Å². The maximum atomic E-state index is 11.6. The third-order valence-electron chi connectivity index (χ3n) is 2.02. The highest BCUT2D eigenvalue weighted by molar-refractivity contribution is 6.30. The zero-order valence-electron chi connectivity index (χ0n) is 8.46. The third kappa shape index (κ3) is 3.30. The summed E-state index contributed by atoms with van der Waals surface area (Å²) in [6.45, 7) is 1.92. The fourth-order valence-corrected chi connectivity index (χ4v) is 1.23. The smallest absolute Gasteiger partial charge is 0.252 e. The lowest BCUT2D eigenvalue weighted by atomic mass is 10.2. The molecule has 2 nitrogen and oxygen atoms in total. The van der Waals surface area contributed by atoms with Gasteiger partial charge in [0, 0.05) is 10.6 Å². The van der Waals surface area contributed by atoms with Gasteiger partial charge in [-0.2, -0.15) is 0 Å². The topological polar surface area (TPSA) is 29.1 Å². The zero-order valence-corrected chi connectivity index (χ0v) is 9.21. The first kappa shape index (κ1) is 11.6. The van der Waals surface area contributed by atoms with E-state index < -0.39 is 0 Å². The highest BCUT2D eigenvalue weighted by atomic mass is 35.5. The molecular formula is C12H12ClNO. The summed E-state index contributed by atoms with van der Waals surface area (Å²) in [7, 11) is 0. The van der Waals surface area contributed by atoms with Crippen LogP contribution in [0, 0.1) is 12.3 Å². The highest BCUT2D eigenvalue weighted by Gasteiger charge is 2.09. The lowest BCUT2D eigenvalue weighted by molar-refractivity contribution is 0.0945. The summed E-state index contributed by atoms with van der Waals surface area (Å²) in [5.74, 6) is 2.34. The van der Waals surface area contributed by atoms with Crippen LogP contribution in [0.15, 0.2) is 24.3 Å². The summed E-state index contributed by atoms with van der Waals surface area (Å²) in [6.07, 6.45) is 5.97. The summed E-state index contributed by atoms with van der Waals surface area (Å²) in [5, 5.41) is 3.34. The Bertz CT molecular complexity index is 378. The van der Waals surface area contributed by atoms with Crippen molar-refractivity contribution < 1.29 is 4.79 Å². The van der Waals surface area contributed by atoms with E-state index in [9.17, 15) is 4.79 Å². The van der Waals surface area contributed by atoms with Crippen LogP contribution in [0.5, 0.6) is 0 Å². The number of benzene rings is 1. The number of halogens is 1. The van der Waals surface area contributed by atoms with E-state index in [-0.39, 0.29) is 11.9 Å². The van der Waals surface area contributed by atoms with Gasteiger partial charge in [-0.25, -0.2) is 0 Å². The quantitative estimate of drug-likeness (QED) is 0.781. The monoisotopic (exact) mass is 221 g/mol. The van der Waals surface area contributed by atoms with E-state index in [0.717, 1.165) is 6.42 Å². The largest absolute Gasteiger partial charge is 0.338 e. The summed E-state index contributed by atoms with van der Waals surface area (Å²) in [6, 6.07) is 6.47. The Morgan fingerprint density at radius 1 is 1.53 bits per heavy atom. The Morgan fingerprint density at radius 3 is 2.60 bits per heavy atom. The van der Waals surface area contributed by atoms with Crippen molar-refractivity contribution in [2.75, 3.05) is 0 Å². The molecule has 0 aliphatic heterocycles. The van der Waals surface area contributed by atoms with Crippen LogP contribution in [0.2, 0.25) is 5.02 Å². The van der Waals surface area contributed by atoms with Crippen LogP contribution in [0.1, 0.15) is 23.7 Å². The van der Waals surface area contributed by atoms with Gasteiger partial charge in [0.1, 0.15) is 0 Å². The van der Waals surface area contributed by atoms with Gasteiger partial charge in [-0.1, -0.05) is 24.4 Å². The standard InChI is InChI=1S/C12H12ClNO/c1-3-11(4-2)14-12(15)9-5-7-10(13)8-6-9/h1,5-8,11H,4H2,2H3,(H,14,15). The van der Waals surface area contributed by atoms with E-state index in [1.165, 1.54) is 0 Å². The van der Waals surface area contributed by atoms with Crippen molar-refractivity contribution in [2.24, 2.45) is 0 Å². The van der Waals surface area contributed by atoms with Crippen molar-refractivity contribution in [3.63, 3.8) is 0 Å². The number of rotatable bonds is 3. The SMILES string of the molecule is C#CC(CC)NC(=O)c1ccc(Cl)cc1. The van der Waals surface area contributed by atoms with E-state index in [0.29, 0.717) is 10.6 Å². The number of hydrogen-bond donors (Lipinski definition) is 1. The maximum absolute atomic E-state index is 11.6. The molecule has 0 heterocycles. The van der Waals surface area contributed by atoms with E-state index in [4.69, 9.17) is 18.0 Å². The van der Waals surface area contributed by atoms with Crippen molar-refractivity contribution in [3.8, 4) is 12.3 Å². The first-order valence-corrected chi connectivity index (χ1v) is 5.07. The number of carbonyl (C=O) groups excluding carboxylic acids is 1. The molecule has 0 aliphatic carbocycles. The second kappa shape index (κ2) is 5.43. The van der Waals surface area contributed by atoms with Crippen molar-refractivity contribution >= 4 is 17.5 Å². The van der Waals surface area contributed by atoms with Crippen LogP contribution in [0.3, 0.4) is 0 Å². The molecule has 1 aromatic carbocycles. The number of carbonyl (C=O) groups is 1. The molecule has 15 heavy (non-hydrogen) atoms. The third-order valence-corrected chi connectivity index (χ3v) is 2.27. The van der Waals surface area contributed by atoms with Gasteiger partial charge in [0.25, 0.3) is 5.91 Å². The molecule has 1 N–H and O–H groups in total. The fraction of sp³-hybridized carbons (Fsp3) is 0.250. The first-order valence-electron chi connectivity index (χ1n) is 4.70. The van der Waals surface area contributed by atoms with Gasteiger partial charge >= 0.3 is 0 Å². The summed E-state index contributed by atoms with van der Waals surface area (Å²) in [4.78, 5) is 11.6. The molecule has 1 rings (SSSR count). The number of nitrogens with one attached hydrogen (secondary N) is 1. The Hall–Kier alpha value is -1.46. The fourth-order valence-electron chi connectivity index (χ4n) is 1.10. The van der Waals surface area contributed by atoms with Crippen LogP contribution < -0.4 is 5.32 Å². The zero-order chi connectivity index (χ0) is 11.3. The van der Waals surface area contributed by atoms with Gasteiger partial charge in [-0.3, -0.25) is 4.79 Å². The predicted molar refractivity (Wildman–Crippen MR) is 61.8 cm³/mol. The predicted octanol–water partition coefficient (Wildman–Crippen LogP) is 2.48. The van der Waals surface area contributed by atoms with Crippen LogP contribution in [0.25, 0.3) is 0 Å². The van der Waals surface area contributed by atoms with Crippen molar-refractivity contribution in [1.29, 1.82) is 0 Å². The molecule has 0 aliphatic rings. The van der Waals surface area contributed by atoms with E-state index in [1.54, 1.807) is 24.3 Å². The molecule has 0 saturated heterocycles. The van der Waals surface area contributed by atoms with Crippen LogP contribution in [-0.2, 0) is 0 Å². The molecule has 0 spiro atoms. The first-order chi connectivity index (χ1) is 7.17. The van der Waals surface area contributed by atoms with E-state index in [1.807, 2.05) is 6.92 Å². The normalized spacial score (nSPS) is 11.5. The Balaban J connectivity index is 2.70. The summed E-state index contributed by atoms with van der Waals surface area (Å²) < 4.78 is 0. The molecule has 0 aromatic heterocycles. The van der Waals surface area contributed by atoms with Crippen molar-refractivity contribution in [1.82, 2.24) is 5.32 Å². The van der Waals surface area contributed by atoms with Crippen molar-refractivity contribution in [2.45, 2.75) is 19.4 Å². The average Bonchev–Trinajstić information content (AvgIpc) is 2.26. The average molecular weight is 222 g/mol.